The van der Waals surface area contributed by atoms with Crippen molar-refractivity contribution >= 4 is 11.9 Å². The van der Waals surface area contributed by atoms with Crippen LogP contribution in [0.25, 0.3) is 0 Å². The van der Waals surface area contributed by atoms with Crippen LogP contribution in [0.2, 0.25) is 0 Å². The fourth-order valence-electron chi connectivity index (χ4n) is 0.244. The third-order valence-corrected chi connectivity index (χ3v) is 0.662. The molecular formula is C5H5NaO4. The van der Waals surface area contributed by atoms with Gasteiger partial charge in [-0.3, -0.25) is 0 Å². The van der Waals surface area contributed by atoms with Gasteiger partial charge in [0.05, 0.1) is 5.97 Å². The van der Waals surface area contributed by atoms with E-state index in [0.717, 1.165) is 6.92 Å². The number of carbonyl (C=O) groups excluding carboxylic acids is 1. The molecule has 1 N–H and O–H groups in total. The van der Waals surface area contributed by atoms with Crippen LogP contribution in [0.15, 0.2) is 11.6 Å². The van der Waals surface area contributed by atoms with Gasteiger partial charge in [0.1, 0.15) is 0 Å². The summed E-state index contributed by atoms with van der Waals surface area (Å²) in [5.74, 6) is -2.74. The van der Waals surface area contributed by atoms with Crippen molar-refractivity contribution in [3.8, 4) is 0 Å². The first kappa shape index (κ1) is 12.4. The maximum absolute atomic E-state index is 9.79. The molecule has 0 heterocycles. The number of carbonyl (C=O) groups is 2. The molecular weight excluding hydrogens is 147 g/mol. The summed E-state index contributed by atoms with van der Waals surface area (Å²) in [4.78, 5) is 19.5. The summed E-state index contributed by atoms with van der Waals surface area (Å²) in [6.45, 7) is 1.16. The molecule has 0 atom stereocenters. The molecule has 0 aliphatic heterocycles. The van der Waals surface area contributed by atoms with E-state index in [4.69, 9.17) is 5.11 Å². The van der Waals surface area contributed by atoms with Gasteiger partial charge in [0, 0.05) is 6.08 Å². The predicted octanol–water partition coefficient (Wildman–Crippen LogP) is -4.23. The molecule has 0 aromatic heterocycles. The van der Waals surface area contributed by atoms with Gasteiger partial charge < -0.3 is 15.0 Å². The maximum Gasteiger partial charge on any atom is 1.00 e. The van der Waals surface area contributed by atoms with Gasteiger partial charge in [-0.2, -0.15) is 0 Å². The number of hydrogen-bond acceptors (Lipinski definition) is 3. The normalized spacial score (nSPS) is 9.90. The summed E-state index contributed by atoms with van der Waals surface area (Å²) in [6.07, 6.45) is 0.579. The molecule has 0 rings (SSSR count). The van der Waals surface area contributed by atoms with Crippen molar-refractivity contribution in [2.75, 3.05) is 0 Å². The van der Waals surface area contributed by atoms with Crippen LogP contribution < -0.4 is 34.7 Å². The van der Waals surface area contributed by atoms with Crippen LogP contribution >= 0.6 is 0 Å². The fourth-order valence-corrected chi connectivity index (χ4v) is 0.244. The molecule has 50 valence electrons. The summed E-state index contributed by atoms with van der Waals surface area (Å²) in [7, 11) is 0. The Kier molecular flexibility index (Phi) is 6.76. The topological polar surface area (TPSA) is 77.4 Å². The molecule has 5 heteroatoms. The van der Waals surface area contributed by atoms with Crippen LogP contribution in [-0.2, 0) is 9.59 Å². The predicted molar refractivity (Wildman–Crippen MR) is 26.4 cm³/mol. The Morgan fingerprint density at radius 2 is 1.90 bits per heavy atom. The summed E-state index contributed by atoms with van der Waals surface area (Å²) in [6, 6.07) is 0. The number of carboxylic acid groups (broad SMARTS) is 2. The number of hydrogen-bond donors (Lipinski definition) is 1. The Bertz CT molecular complexity index is 172. The van der Waals surface area contributed by atoms with Crippen molar-refractivity contribution in [2.24, 2.45) is 0 Å². The maximum atomic E-state index is 9.79. The monoisotopic (exact) mass is 152 g/mol. The zero-order chi connectivity index (χ0) is 7.44. The van der Waals surface area contributed by atoms with Crippen LogP contribution in [-0.4, -0.2) is 17.0 Å². The SMILES string of the molecule is C/C(=C\C(=O)O)C(=O)[O-].[Na+]. The van der Waals surface area contributed by atoms with Crippen LogP contribution in [0, 0.1) is 0 Å². The van der Waals surface area contributed by atoms with Crippen LogP contribution in [0.4, 0.5) is 0 Å². The van der Waals surface area contributed by atoms with E-state index in [2.05, 4.69) is 0 Å². The molecule has 0 aromatic rings. The number of rotatable bonds is 2. The van der Waals surface area contributed by atoms with Crippen molar-refractivity contribution in [1.29, 1.82) is 0 Å². The largest absolute Gasteiger partial charge is 1.00 e. The Balaban J connectivity index is 0. The third kappa shape index (κ3) is 5.81. The molecule has 0 fully saturated rings. The Morgan fingerprint density at radius 1 is 1.50 bits per heavy atom. The molecule has 0 amide bonds. The molecule has 0 saturated heterocycles. The number of aliphatic carboxylic acids is 2. The van der Waals surface area contributed by atoms with Crippen molar-refractivity contribution < 1.29 is 49.4 Å². The summed E-state index contributed by atoms with van der Waals surface area (Å²) < 4.78 is 0. The third-order valence-electron chi connectivity index (χ3n) is 0.662. The van der Waals surface area contributed by atoms with E-state index < -0.39 is 11.9 Å². The average Bonchev–Trinajstić information content (AvgIpc) is 1.63. The minimum absolute atomic E-state index is 0. The molecule has 0 aliphatic carbocycles. The van der Waals surface area contributed by atoms with Crippen LogP contribution in [0.5, 0.6) is 0 Å². The average molecular weight is 152 g/mol. The summed E-state index contributed by atoms with van der Waals surface area (Å²) >= 11 is 0. The first-order valence-corrected chi connectivity index (χ1v) is 2.16. The van der Waals surface area contributed by atoms with Gasteiger partial charge in [-0.05, 0) is 12.5 Å². The molecule has 0 aliphatic rings. The minimum Gasteiger partial charge on any atom is -0.545 e. The van der Waals surface area contributed by atoms with Crippen LogP contribution in [0.1, 0.15) is 6.92 Å². The number of carboxylic acids is 2. The summed E-state index contributed by atoms with van der Waals surface area (Å²) in [5, 5.41) is 17.8. The van der Waals surface area contributed by atoms with E-state index in [9.17, 15) is 14.7 Å². The Hall–Kier alpha value is -0.320. The molecule has 0 unspecified atom stereocenters. The summed E-state index contributed by atoms with van der Waals surface area (Å²) in [5.41, 5.74) is -0.289. The van der Waals surface area contributed by atoms with Crippen molar-refractivity contribution in [3.05, 3.63) is 11.6 Å². The van der Waals surface area contributed by atoms with E-state index in [-0.39, 0.29) is 35.1 Å². The van der Waals surface area contributed by atoms with Crippen LogP contribution in [0.3, 0.4) is 0 Å². The second kappa shape index (κ2) is 5.46. The second-order valence-corrected chi connectivity index (χ2v) is 1.45. The van der Waals surface area contributed by atoms with Gasteiger partial charge >= 0.3 is 35.5 Å². The molecule has 10 heavy (non-hydrogen) atoms. The van der Waals surface area contributed by atoms with Gasteiger partial charge in [0.25, 0.3) is 0 Å². The van der Waals surface area contributed by atoms with E-state index >= 15 is 0 Å². The first-order chi connectivity index (χ1) is 4.04. The Morgan fingerprint density at radius 3 is 2.00 bits per heavy atom. The molecule has 0 bridgehead atoms. The molecule has 0 aromatic carbocycles. The van der Waals surface area contributed by atoms with Gasteiger partial charge in [0.15, 0.2) is 0 Å². The van der Waals surface area contributed by atoms with E-state index in [1.807, 2.05) is 0 Å². The van der Waals surface area contributed by atoms with Crippen molar-refractivity contribution in [3.63, 3.8) is 0 Å². The molecule has 0 spiro atoms. The van der Waals surface area contributed by atoms with Gasteiger partial charge in [-0.15, -0.1) is 0 Å². The molecule has 0 radical (unpaired) electrons. The standard InChI is InChI=1S/C5H6O4.Na/c1-3(5(8)9)2-4(6)7;/h2H,1H3,(H,6,7)(H,8,9);/q;+1/p-1/b3-2+;. The van der Waals surface area contributed by atoms with Gasteiger partial charge in [-0.1, -0.05) is 0 Å². The second-order valence-electron chi connectivity index (χ2n) is 1.45. The van der Waals surface area contributed by atoms with Crippen molar-refractivity contribution in [2.45, 2.75) is 6.92 Å². The van der Waals surface area contributed by atoms with Gasteiger partial charge in [-0.25, -0.2) is 4.79 Å². The zero-order valence-corrected chi connectivity index (χ0v) is 7.75. The van der Waals surface area contributed by atoms with Crippen molar-refractivity contribution in [1.82, 2.24) is 0 Å². The Labute approximate surface area is 79.8 Å². The molecule has 4 nitrogen and oxygen atoms in total. The first-order valence-electron chi connectivity index (χ1n) is 2.16. The fraction of sp³-hybridized carbons (Fsp3) is 0.200. The van der Waals surface area contributed by atoms with E-state index in [1.165, 1.54) is 0 Å². The van der Waals surface area contributed by atoms with E-state index in [0.29, 0.717) is 6.08 Å². The minimum atomic E-state index is -1.46. The van der Waals surface area contributed by atoms with E-state index in [1.54, 1.807) is 0 Å². The quantitative estimate of drug-likeness (QED) is 0.321. The smallest absolute Gasteiger partial charge is 0.545 e. The molecule has 0 saturated carbocycles. The van der Waals surface area contributed by atoms with Gasteiger partial charge in [0.2, 0.25) is 0 Å². The zero-order valence-electron chi connectivity index (χ0n) is 5.75.